The van der Waals surface area contributed by atoms with Gasteiger partial charge < -0.3 is 14.8 Å². The van der Waals surface area contributed by atoms with Crippen LogP contribution in [0.15, 0.2) is 12.1 Å². The summed E-state index contributed by atoms with van der Waals surface area (Å²) >= 11 is 6.18. The van der Waals surface area contributed by atoms with Crippen molar-refractivity contribution < 1.29 is 14.3 Å². The van der Waals surface area contributed by atoms with Gasteiger partial charge in [-0.3, -0.25) is 4.79 Å². The lowest BCUT2D eigenvalue weighted by atomic mass is 9.86. The van der Waals surface area contributed by atoms with E-state index < -0.39 is 0 Å². The Morgan fingerprint density at radius 2 is 1.82 bits per heavy atom. The number of hydrogen-bond donors (Lipinski definition) is 1. The molecule has 0 saturated heterocycles. The van der Waals surface area contributed by atoms with Gasteiger partial charge in [-0.05, 0) is 12.3 Å². The molecule has 0 aliphatic heterocycles. The van der Waals surface area contributed by atoms with E-state index in [4.69, 9.17) is 21.1 Å². The minimum atomic E-state index is -0.000284. The molecule has 1 aliphatic rings. The third-order valence-electron chi connectivity index (χ3n) is 4.25. The van der Waals surface area contributed by atoms with E-state index in [1.54, 1.807) is 26.4 Å². The van der Waals surface area contributed by atoms with E-state index in [0.29, 0.717) is 34.5 Å². The van der Waals surface area contributed by atoms with Crippen molar-refractivity contribution in [2.75, 3.05) is 19.5 Å². The van der Waals surface area contributed by atoms with E-state index in [1.165, 1.54) is 32.1 Å². The standard InChI is InChI=1S/C17H24ClNO3/c1-21-15-10-13(18)14(11-16(15)22-2)19-17(20)9-8-12-6-4-3-5-7-12/h10-12H,3-9H2,1-2H3,(H,19,20). The number of ether oxygens (including phenoxy) is 2. The first kappa shape index (κ1) is 16.9. The van der Waals surface area contributed by atoms with Crippen molar-refractivity contribution >= 4 is 23.2 Å². The summed E-state index contributed by atoms with van der Waals surface area (Å²) in [6, 6.07) is 3.34. The second-order valence-electron chi connectivity index (χ2n) is 5.78. The van der Waals surface area contributed by atoms with E-state index >= 15 is 0 Å². The molecule has 0 spiro atoms. The van der Waals surface area contributed by atoms with Gasteiger partial charge in [0.1, 0.15) is 0 Å². The molecule has 1 fully saturated rings. The van der Waals surface area contributed by atoms with Gasteiger partial charge in [0.2, 0.25) is 5.91 Å². The molecule has 0 aromatic heterocycles. The lowest BCUT2D eigenvalue weighted by molar-refractivity contribution is -0.116. The Bertz CT molecular complexity index is 513. The first-order chi connectivity index (χ1) is 10.6. The predicted octanol–water partition coefficient (Wildman–Crippen LogP) is 4.66. The molecule has 0 heterocycles. The highest BCUT2D eigenvalue weighted by Crippen LogP contribution is 2.36. The molecule has 2 rings (SSSR count). The first-order valence-corrected chi connectivity index (χ1v) is 8.23. The summed E-state index contributed by atoms with van der Waals surface area (Å²) in [7, 11) is 3.11. The van der Waals surface area contributed by atoms with Crippen LogP contribution in [0.25, 0.3) is 0 Å². The fraction of sp³-hybridized carbons (Fsp3) is 0.588. The van der Waals surface area contributed by atoms with Crippen LogP contribution in [0.1, 0.15) is 44.9 Å². The SMILES string of the molecule is COc1cc(Cl)c(NC(=O)CCC2CCCCC2)cc1OC. The largest absolute Gasteiger partial charge is 0.493 e. The van der Waals surface area contributed by atoms with E-state index in [2.05, 4.69) is 5.32 Å². The highest BCUT2D eigenvalue weighted by molar-refractivity contribution is 6.34. The Hall–Kier alpha value is -1.42. The zero-order chi connectivity index (χ0) is 15.9. The van der Waals surface area contributed by atoms with Crippen LogP contribution in [-0.4, -0.2) is 20.1 Å². The quantitative estimate of drug-likeness (QED) is 0.827. The maximum Gasteiger partial charge on any atom is 0.224 e. The van der Waals surface area contributed by atoms with Crippen LogP contribution < -0.4 is 14.8 Å². The fourth-order valence-corrected chi connectivity index (χ4v) is 3.17. The average Bonchev–Trinajstić information content (AvgIpc) is 2.55. The van der Waals surface area contributed by atoms with Crippen molar-refractivity contribution in [1.82, 2.24) is 0 Å². The molecule has 1 amide bonds. The Balaban J connectivity index is 1.93. The maximum atomic E-state index is 12.1. The maximum absolute atomic E-state index is 12.1. The minimum absolute atomic E-state index is 0.000284. The van der Waals surface area contributed by atoms with E-state index in [9.17, 15) is 4.79 Å². The first-order valence-electron chi connectivity index (χ1n) is 7.85. The van der Waals surface area contributed by atoms with E-state index in [-0.39, 0.29) is 5.91 Å². The summed E-state index contributed by atoms with van der Waals surface area (Å²) in [6.45, 7) is 0. The summed E-state index contributed by atoms with van der Waals surface area (Å²) < 4.78 is 10.4. The second kappa shape index (κ2) is 8.28. The molecule has 1 aromatic rings. The number of halogens is 1. The Labute approximate surface area is 137 Å². The molecule has 122 valence electrons. The molecular formula is C17H24ClNO3. The number of methoxy groups -OCH3 is 2. The second-order valence-corrected chi connectivity index (χ2v) is 6.19. The zero-order valence-electron chi connectivity index (χ0n) is 13.3. The van der Waals surface area contributed by atoms with Gasteiger partial charge in [-0.2, -0.15) is 0 Å². The van der Waals surface area contributed by atoms with Gasteiger partial charge in [0.15, 0.2) is 11.5 Å². The lowest BCUT2D eigenvalue weighted by Gasteiger charge is -2.21. The molecule has 0 atom stereocenters. The number of hydrogen-bond acceptors (Lipinski definition) is 3. The van der Waals surface area contributed by atoms with Gasteiger partial charge in [0.25, 0.3) is 0 Å². The normalized spacial score (nSPS) is 15.4. The molecule has 1 N–H and O–H groups in total. The molecular weight excluding hydrogens is 302 g/mol. The molecule has 5 heteroatoms. The monoisotopic (exact) mass is 325 g/mol. The average molecular weight is 326 g/mol. The van der Waals surface area contributed by atoms with Crippen molar-refractivity contribution in [2.24, 2.45) is 5.92 Å². The lowest BCUT2D eigenvalue weighted by Crippen LogP contribution is -2.15. The minimum Gasteiger partial charge on any atom is -0.493 e. The zero-order valence-corrected chi connectivity index (χ0v) is 14.0. The van der Waals surface area contributed by atoms with Crippen LogP contribution in [0.5, 0.6) is 11.5 Å². The van der Waals surface area contributed by atoms with Crippen LogP contribution in [0.2, 0.25) is 5.02 Å². The van der Waals surface area contributed by atoms with Crippen LogP contribution in [0.4, 0.5) is 5.69 Å². The van der Waals surface area contributed by atoms with Gasteiger partial charge in [-0.25, -0.2) is 0 Å². The van der Waals surface area contributed by atoms with Gasteiger partial charge in [0, 0.05) is 18.6 Å². The summed E-state index contributed by atoms with van der Waals surface area (Å²) in [5.74, 6) is 1.79. The smallest absolute Gasteiger partial charge is 0.224 e. The third kappa shape index (κ3) is 4.54. The molecule has 0 bridgehead atoms. The number of anilines is 1. The van der Waals surface area contributed by atoms with E-state index in [0.717, 1.165) is 6.42 Å². The van der Waals surface area contributed by atoms with Gasteiger partial charge in [0.05, 0.1) is 24.9 Å². The Morgan fingerprint density at radius 1 is 1.18 bits per heavy atom. The summed E-state index contributed by atoms with van der Waals surface area (Å²) in [5.41, 5.74) is 0.563. The van der Waals surface area contributed by atoms with Crippen molar-refractivity contribution in [3.05, 3.63) is 17.2 Å². The molecule has 1 saturated carbocycles. The molecule has 22 heavy (non-hydrogen) atoms. The van der Waals surface area contributed by atoms with E-state index in [1.807, 2.05) is 0 Å². The van der Waals surface area contributed by atoms with Crippen molar-refractivity contribution in [3.8, 4) is 11.5 Å². The van der Waals surface area contributed by atoms with Gasteiger partial charge in [-0.1, -0.05) is 43.7 Å². The van der Waals surface area contributed by atoms with Crippen LogP contribution in [-0.2, 0) is 4.79 Å². The number of benzene rings is 1. The third-order valence-corrected chi connectivity index (χ3v) is 4.56. The number of rotatable bonds is 6. The van der Waals surface area contributed by atoms with Crippen molar-refractivity contribution in [2.45, 2.75) is 44.9 Å². The van der Waals surface area contributed by atoms with Crippen LogP contribution in [0, 0.1) is 5.92 Å². The van der Waals surface area contributed by atoms with Crippen LogP contribution >= 0.6 is 11.6 Å². The predicted molar refractivity (Wildman–Crippen MR) is 89.0 cm³/mol. The summed E-state index contributed by atoms with van der Waals surface area (Å²) in [6.07, 6.45) is 7.94. The van der Waals surface area contributed by atoms with Crippen molar-refractivity contribution in [3.63, 3.8) is 0 Å². The molecule has 1 aliphatic carbocycles. The fourth-order valence-electron chi connectivity index (χ4n) is 2.97. The van der Waals surface area contributed by atoms with Crippen molar-refractivity contribution in [1.29, 1.82) is 0 Å². The molecule has 4 nitrogen and oxygen atoms in total. The Kier molecular flexibility index (Phi) is 6.37. The number of nitrogens with one attached hydrogen (secondary N) is 1. The van der Waals surface area contributed by atoms with Gasteiger partial charge in [-0.15, -0.1) is 0 Å². The van der Waals surface area contributed by atoms with Gasteiger partial charge >= 0.3 is 0 Å². The van der Waals surface area contributed by atoms with Crippen LogP contribution in [0.3, 0.4) is 0 Å². The number of amides is 1. The molecule has 0 radical (unpaired) electrons. The molecule has 0 unspecified atom stereocenters. The highest BCUT2D eigenvalue weighted by atomic mass is 35.5. The highest BCUT2D eigenvalue weighted by Gasteiger charge is 2.16. The summed E-state index contributed by atoms with van der Waals surface area (Å²) in [4.78, 5) is 12.1. The number of carbonyl (C=O) groups is 1. The topological polar surface area (TPSA) is 47.6 Å². The number of carbonyl (C=O) groups excluding carboxylic acids is 1. The molecule has 1 aromatic carbocycles. The Morgan fingerprint density at radius 3 is 2.45 bits per heavy atom. The summed E-state index contributed by atoms with van der Waals surface area (Å²) in [5, 5.41) is 3.32.